The van der Waals surface area contributed by atoms with Gasteiger partial charge in [-0.3, -0.25) is 4.79 Å². The van der Waals surface area contributed by atoms with E-state index in [1.165, 1.54) is 64.2 Å². The van der Waals surface area contributed by atoms with Crippen LogP contribution in [-0.4, -0.2) is 42.9 Å². The second kappa shape index (κ2) is 14.2. The van der Waals surface area contributed by atoms with Gasteiger partial charge >= 0.3 is 8.80 Å². The Bertz CT molecular complexity index is 497. The van der Waals surface area contributed by atoms with Crippen LogP contribution in [0.5, 0.6) is 0 Å². The minimum Gasteiger partial charge on any atom is -0.518 e. The summed E-state index contributed by atoms with van der Waals surface area (Å²) in [7, 11) is -5.09. The molecule has 1 atom stereocenters. The molecule has 0 aromatic rings. The van der Waals surface area contributed by atoms with E-state index in [-0.39, 0.29) is 11.9 Å². The van der Waals surface area contributed by atoms with Crippen LogP contribution in [-0.2, 0) is 22.5 Å². The highest BCUT2D eigenvalue weighted by atomic mass is 28.4. The SMILES string of the molecule is CCC[Si](OC(=O)C(C)C[Si](OCC)(OCC)OCC)(C1CCCCC1)C1CCCCC1. The van der Waals surface area contributed by atoms with Crippen LogP contribution in [0.1, 0.15) is 105 Å². The molecule has 0 heterocycles. The third-order valence-electron chi connectivity index (χ3n) is 7.58. The van der Waals surface area contributed by atoms with E-state index in [2.05, 4.69) is 6.92 Å². The van der Waals surface area contributed by atoms with Crippen molar-refractivity contribution in [2.24, 2.45) is 5.92 Å². The van der Waals surface area contributed by atoms with E-state index in [0.29, 0.717) is 36.9 Å². The molecule has 2 aliphatic rings. The number of carbonyl (C=O) groups is 1. The molecule has 0 bridgehead atoms. The summed E-state index contributed by atoms with van der Waals surface area (Å²) in [6.45, 7) is 11.8. The molecule has 32 heavy (non-hydrogen) atoms. The van der Waals surface area contributed by atoms with E-state index in [1.807, 2.05) is 27.7 Å². The van der Waals surface area contributed by atoms with Crippen molar-refractivity contribution in [2.75, 3.05) is 19.8 Å². The van der Waals surface area contributed by atoms with E-state index in [4.69, 9.17) is 17.7 Å². The van der Waals surface area contributed by atoms with E-state index < -0.39 is 17.1 Å². The monoisotopic (exact) mass is 486 g/mol. The Morgan fingerprint density at radius 3 is 1.59 bits per heavy atom. The topological polar surface area (TPSA) is 54.0 Å². The first-order chi connectivity index (χ1) is 15.5. The van der Waals surface area contributed by atoms with Crippen LogP contribution in [0.3, 0.4) is 0 Å². The van der Waals surface area contributed by atoms with Gasteiger partial charge in [-0.1, -0.05) is 58.8 Å². The fourth-order valence-corrected chi connectivity index (χ4v) is 15.1. The van der Waals surface area contributed by atoms with Crippen molar-refractivity contribution in [1.82, 2.24) is 0 Å². The minimum absolute atomic E-state index is 0.0164. The second-order valence-corrected chi connectivity index (χ2v) is 16.8. The Morgan fingerprint density at radius 2 is 1.22 bits per heavy atom. The molecular weight excluding hydrogens is 436 g/mol. The molecule has 188 valence electrons. The van der Waals surface area contributed by atoms with Crippen LogP contribution in [0.25, 0.3) is 0 Å². The second-order valence-electron chi connectivity index (χ2n) is 9.88. The van der Waals surface area contributed by atoms with Crippen molar-refractivity contribution in [3.63, 3.8) is 0 Å². The lowest BCUT2D eigenvalue weighted by molar-refractivity contribution is -0.139. The molecular formula is C25H50O5Si2. The summed E-state index contributed by atoms with van der Waals surface area (Å²) in [4.78, 5) is 13.7. The third-order valence-corrected chi connectivity index (χ3v) is 16.7. The van der Waals surface area contributed by atoms with E-state index in [1.54, 1.807) is 0 Å². The van der Waals surface area contributed by atoms with Crippen molar-refractivity contribution in [1.29, 1.82) is 0 Å². The van der Waals surface area contributed by atoms with Crippen molar-refractivity contribution < 1.29 is 22.5 Å². The number of hydrogen-bond donors (Lipinski definition) is 0. The van der Waals surface area contributed by atoms with Crippen LogP contribution in [0.15, 0.2) is 0 Å². The summed E-state index contributed by atoms with van der Waals surface area (Å²) in [6, 6.07) is 1.64. The van der Waals surface area contributed by atoms with Gasteiger partial charge in [-0.05, 0) is 63.6 Å². The first kappa shape index (κ1) is 28.0. The smallest absolute Gasteiger partial charge is 0.501 e. The zero-order chi connectivity index (χ0) is 23.5. The molecule has 2 aliphatic carbocycles. The molecule has 7 heteroatoms. The zero-order valence-corrected chi connectivity index (χ0v) is 23.6. The molecule has 0 aliphatic heterocycles. The predicted molar refractivity (Wildman–Crippen MR) is 135 cm³/mol. The first-order valence-corrected chi connectivity index (χ1v) is 17.8. The van der Waals surface area contributed by atoms with Gasteiger partial charge in [0.1, 0.15) is 0 Å². The maximum Gasteiger partial charge on any atom is 0.501 e. The van der Waals surface area contributed by atoms with Gasteiger partial charge in [0.05, 0.1) is 5.92 Å². The standard InChI is InChI=1S/C25H50O5Si2/c1-6-20-31(23-16-12-10-13-17-23,24-18-14-11-15-19-24)30-25(26)22(5)21-32(27-7-2,28-8-3)29-9-4/h22-24H,6-21H2,1-5H3. The van der Waals surface area contributed by atoms with Crippen molar-refractivity contribution >= 4 is 23.1 Å². The summed E-state index contributed by atoms with van der Waals surface area (Å²) >= 11 is 0. The molecule has 0 saturated heterocycles. The largest absolute Gasteiger partial charge is 0.518 e. The maximum atomic E-state index is 13.7. The van der Waals surface area contributed by atoms with E-state index in [0.717, 1.165) is 12.5 Å². The van der Waals surface area contributed by atoms with Crippen LogP contribution in [0.4, 0.5) is 0 Å². The fraction of sp³-hybridized carbons (Fsp3) is 0.960. The van der Waals surface area contributed by atoms with Crippen LogP contribution in [0, 0.1) is 5.92 Å². The highest BCUT2D eigenvalue weighted by Crippen LogP contribution is 2.51. The lowest BCUT2D eigenvalue weighted by Crippen LogP contribution is -2.53. The van der Waals surface area contributed by atoms with Crippen molar-refractivity contribution in [3.05, 3.63) is 0 Å². The van der Waals surface area contributed by atoms with E-state index >= 15 is 0 Å². The molecule has 0 amide bonds. The van der Waals surface area contributed by atoms with Crippen LogP contribution in [0.2, 0.25) is 23.2 Å². The number of carbonyl (C=O) groups excluding carboxylic acids is 1. The molecule has 2 saturated carbocycles. The summed E-state index contributed by atoms with van der Waals surface area (Å²) < 4.78 is 25.0. The summed E-state index contributed by atoms with van der Waals surface area (Å²) in [5.74, 6) is -0.278. The molecule has 2 fully saturated rings. The lowest BCUT2D eigenvalue weighted by Gasteiger charge is -2.46. The quantitative estimate of drug-likeness (QED) is 0.242. The normalized spacial score (nSPS) is 20.3. The fourth-order valence-electron chi connectivity index (χ4n) is 6.24. The number of hydrogen-bond acceptors (Lipinski definition) is 5. The van der Waals surface area contributed by atoms with Gasteiger partial charge in [0.15, 0.2) is 0 Å². The first-order valence-electron chi connectivity index (χ1n) is 13.6. The summed E-state index contributed by atoms with van der Waals surface area (Å²) in [6.07, 6.45) is 14.1. The zero-order valence-electron chi connectivity index (χ0n) is 21.6. The van der Waals surface area contributed by atoms with Crippen LogP contribution < -0.4 is 0 Å². The molecule has 0 aromatic heterocycles. The molecule has 2 rings (SSSR count). The third kappa shape index (κ3) is 7.39. The van der Waals surface area contributed by atoms with Crippen molar-refractivity contribution in [2.45, 2.75) is 128 Å². The van der Waals surface area contributed by atoms with E-state index in [9.17, 15) is 4.79 Å². The Labute approximate surface area is 199 Å². The van der Waals surface area contributed by atoms with Gasteiger partial charge in [0.2, 0.25) is 0 Å². The van der Waals surface area contributed by atoms with Gasteiger partial charge in [0, 0.05) is 25.9 Å². The Morgan fingerprint density at radius 1 is 0.781 bits per heavy atom. The predicted octanol–water partition coefficient (Wildman–Crippen LogP) is 7.24. The highest BCUT2D eigenvalue weighted by Gasteiger charge is 2.53. The molecule has 1 unspecified atom stereocenters. The Balaban J connectivity index is 2.24. The summed E-state index contributed by atoms with van der Waals surface area (Å²) in [5, 5.41) is 0. The Kier molecular flexibility index (Phi) is 12.5. The van der Waals surface area contributed by atoms with Gasteiger partial charge < -0.3 is 17.7 Å². The molecule has 0 aromatic carbocycles. The minimum atomic E-state index is -2.88. The molecule has 5 nitrogen and oxygen atoms in total. The average Bonchev–Trinajstić information content (AvgIpc) is 2.80. The van der Waals surface area contributed by atoms with Crippen molar-refractivity contribution in [3.8, 4) is 0 Å². The number of rotatable bonds is 14. The van der Waals surface area contributed by atoms with Gasteiger partial charge in [0.25, 0.3) is 14.3 Å². The maximum absolute atomic E-state index is 13.7. The van der Waals surface area contributed by atoms with Gasteiger partial charge in [-0.25, -0.2) is 0 Å². The Hall–Kier alpha value is -0.216. The van der Waals surface area contributed by atoms with Crippen LogP contribution >= 0.6 is 0 Å². The molecule has 0 spiro atoms. The molecule has 0 N–H and O–H groups in total. The van der Waals surface area contributed by atoms with Gasteiger partial charge in [-0.2, -0.15) is 0 Å². The lowest BCUT2D eigenvalue weighted by atomic mass is 9.99. The average molecular weight is 487 g/mol. The van der Waals surface area contributed by atoms with Gasteiger partial charge in [-0.15, -0.1) is 0 Å². The summed E-state index contributed by atoms with van der Waals surface area (Å²) in [5.41, 5.74) is 1.28. The highest BCUT2D eigenvalue weighted by molar-refractivity contribution is 6.78. The molecule has 0 radical (unpaired) electrons.